The van der Waals surface area contributed by atoms with Crippen LogP contribution in [0, 0.1) is 12.3 Å². The van der Waals surface area contributed by atoms with Crippen molar-refractivity contribution in [3.05, 3.63) is 48.0 Å². The summed E-state index contributed by atoms with van der Waals surface area (Å²) in [4.78, 5) is 0. The zero-order valence-electron chi connectivity index (χ0n) is 11.1. The van der Waals surface area contributed by atoms with Crippen LogP contribution in [-0.2, 0) is 20.8 Å². The molecule has 3 atom stereocenters. The molecule has 0 radical (unpaired) electrons. The molecular weight excluding hydrogens is 256 g/mol. The second-order valence-corrected chi connectivity index (χ2v) is 4.39. The van der Waals surface area contributed by atoms with E-state index in [0.29, 0.717) is 6.61 Å². The van der Waals surface area contributed by atoms with Crippen LogP contribution < -0.4 is 0 Å². The average Bonchev–Trinajstić information content (AvgIpc) is 2.52. The third kappa shape index (κ3) is 4.19. The molecule has 4 heteroatoms. The van der Waals surface area contributed by atoms with Gasteiger partial charge in [-0.15, -0.1) is 6.42 Å². The van der Waals surface area contributed by atoms with Gasteiger partial charge in [-0.2, -0.15) is 0 Å². The van der Waals surface area contributed by atoms with Crippen LogP contribution in [0.25, 0.3) is 0 Å². The van der Waals surface area contributed by atoms with E-state index in [4.69, 9.17) is 20.6 Å². The number of hydrogen-bond acceptors (Lipinski definition) is 4. The molecule has 1 aromatic rings. The molecule has 0 unspecified atom stereocenters. The van der Waals surface area contributed by atoms with E-state index in [-0.39, 0.29) is 19.3 Å². The Bertz CT molecular complexity index is 463. The van der Waals surface area contributed by atoms with Crippen molar-refractivity contribution in [2.24, 2.45) is 0 Å². The van der Waals surface area contributed by atoms with Gasteiger partial charge >= 0.3 is 0 Å². The van der Waals surface area contributed by atoms with Gasteiger partial charge in [-0.1, -0.05) is 42.3 Å². The van der Waals surface area contributed by atoms with Crippen LogP contribution in [0.2, 0.25) is 0 Å². The van der Waals surface area contributed by atoms with Gasteiger partial charge in [-0.05, 0) is 11.6 Å². The lowest BCUT2D eigenvalue weighted by Crippen LogP contribution is -2.40. The first-order chi connectivity index (χ1) is 9.83. The van der Waals surface area contributed by atoms with E-state index in [2.05, 4.69) is 5.92 Å². The molecule has 1 N–H and O–H groups in total. The Morgan fingerprint density at radius 3 is 2.70 bits per heavy atom. The molecule has 2 rings (SSSR count). The van der Waals surface area contributed by atoms with E-state index >= 15 is 0 Å². The summed E-state index contributed by atoms with van der Waals surface area (Å²) in [5, 5.41) is 9.37. The highest BCUT2D eigenvalue weighted by Gasteiger charge is 2.27. The quantitative estimate of drug-likeness (QED) is 0.631. The number of aliphatic hydroxyl groups excluding tert-OH is 1. The maximum atomic E-state index is 9.37. The molecule has 0 spiro atoms. The Morgan fingerprint density at radius 2 is 2.00 bits per heavy atom. The summed E-state index contributed by atoms with van der Waals surface area (Å²) in [5.41, 5.74) is 1.07. The van der Waals surface area contributed by atoms with Gasteiger partial charge in [0, 0.05) is 0 Å². The van der Waals surface area contributed by atoms with Crippen LogP contribution in [0.15, 0.2) is 42.5 Å². The number of rotatable bonds is 6. The Morgan fingerprint density at radius 1 is 1.20 bits per heavy atom. The molecule has 1 aliphatic heterocycles. The number of ether oxygens (including phenoxy) is 3. The van der Waals surface area contributed by atoms with Crippen molar-refractivity contribution < 1.29 is 19.3 Å². The zero-order valence-corrected chi connectivity index (χ0v) is 11.1. The SMILES string of the molecule is C#CCO[C@@H]1C=C[C@H](OCc2ccccc2)[C@@H](CO)O1. The first kappa shape index (κ1) is 14.8. The van der Waals surface area contributed by atoms with Crippen molar-refractivity contribution in [2.45, 2.75) is 25.1 Å². The number of terminal acetylenes is 1. The minimum Gasteiger partial charge on any atom is -0.394 e. The summed E-state index contributed by atoms with van der Waals surface area (Å²) >= 11 is 0. The Labute approximate surface area is 119 Å². The molecule has 0 saturated carbocycles. The highest BCUT2D eigenvalue weighted by Crippen LogP contribution is 2.18. The number of benzene rings is 1. The monoisotopic (exact) mass is 274 g/mol. The normalized spacial score (nSPS) is 25.3. The highest BCUT2D eigenvalue weighted by atomic mass is 16.7. The van der Waals surface area contributed by atoms with Crippen LogP contribution in [-0.4, -0.2) is 36.8 Å². The predicted molar refractivity (Wildman–Crippen MR) is 74.7 cm³/mol. The molecule has 0 amide bonds. The Hall–Kier alpha value is -1.64. The van der Waals surface area contributed by atoms with Gasteiger partial charge in [0.15, 0.2) is 6.29 Å². The lowest BCUT2D eigenvalue weighted by Gasteiger charge is -2.30. The minimum atomic E-state index is -0.528. The average molecular weight is 274 g/mol. The summed E-state index contributed by atoms with van der Waals surface area (Å²) in [6.45, 7) is 0.494. The van der Waals surface area contributed by atoms with Gasteiger partial charge in [0.1, 0.15) is 18.8 Å². The number of aliphatic hydroxyl groups is 1. The third-order valence-electron chi connectivity index (χ3n) is 2.93. The lowest BCUT2D eigenvalue weighted by atomic mass is 10.1. The molecule has 0 aromatic heterocycles. The van der Waals surface area contributed by atoms with Gasteiger partial charge < -0.3 is 19.3 Å². The van der Waals surface area contributed by atoms with E-state index in [0.717, 1.165) is 5.56 Å². The third-order valence-corrected chi connectivity index (χ3v) is 2.93. The van der Waals surface area contributed by atoms with Gasteiger partial charge in [0.05, 0.1) is 13.2 Å². The Kier molecular flexibility index (Phi) is 5.78. The summed E-state index contributed by atoms with van der Waals surface area (Å²) in [6.07, 6.45) is 7.43. The fourth-order valence-electron chi connectivity index (χ4n) is 1.92. The van der Waals surface area contributed by atoms with Gasteiger partial charge in [0.2, 0.25) is 0 Å². The summed E-state index contributed by atoms with van der Waals surface area (Å²) in [7, 11) is 0. The summed E-state index contributed by atoms with van der Waals surface area (Å²) < 4.78 is 16.6. The van der Waals surface area contributed by atoms with Gasteiger partial charge in [-0.3, -0.25) is 0 Å². The molecule has 1 aliphatic rings. The fourth-order valence-corrected chi connectivity index (χ4v) is 1.92. The zero-order chi connectivity index (χ0) is 14.2. The largest absolute Gasteiger partial charge is 0.394 e. The topological polar surface area (TPSA) is 47.9 Å². The van der Waals surface area contributed by atoms with E-state index in [1.54, 1.807) is 6.08 Å². The first-order valence-electron chi connectivity index (χ1n) is 6.48. The van der Waals surface area contributed by atoms with E-state index in [1.807, 2.05) is 36.4 Å². The summed E-state index contributed by atoms with van der Waals surface area (Å²) in [5.74, 6) is 2.38. The Balaban J connectivity index is 1.89. The van der Waals surface area contributed by atoms with Crippen molar-refractivity contribution >= 4 is 0 Å². The van der Waals surface area contributed by atoms with Crippen LogP contribution in [0.1, 0.15) is 5.56 Å². The first-order valence-corrected chi connectivity index (χ1v) is 6.48. The molecule has 20 heavy (non-hydrogen) atoms. The molecule has 1 aromatic carbocycles. The smallest absolute Gasteiger partial charge is 0.178 e. The van der Waals surface area contributed by atoms with Gasteiger partial charge in [-0.25, -0.2) is 0 Å². The van der Waals surface area contributed by atoms with Gasteiger partial charge in [0.25, 0.3) is 0 Å². The van der Waals surface area contributed by atoms with Crippen molar-refractivity contribution in [1.82, 2.24) is 0 Å². The molecule has 0 saturated heterocycles. The highest BCUT2D eigenvalue weighted by molar-refractivity contribution is 5.13. The summed E-state index contributed by atoms with van der Waals surface area (Å²) in [6, 6.07) is 9.84. The van der Waals surface area contributed by atoms with E-state index in [9.17, 15) is 5.11 Å². The van der Waals surface area contributed by atoms with Crippen LogP contribution in [0.5, 0.6) is 0 Å². The molecule has 106 valence electrons. The molecular formula is C16H18O4. The van der Waals surface area contributed by atoms with Crippen molar-refractivity contribution in [3.63, 3.8) is 0 Å². The van der Waals surface area contributed by atoms with Crippen LogP contribution in [0.3, 0.4) is 0 Å². The van der Waals surface area contributed by atoms with Crippen molar-refractivity contribution in [1.29, 1.82) is 0 Å². The fraction of sp³-hybridized carbons (Fsp3) is 0.375. The molecule has 0 aliphatic carbocycles. The molecule has 0 fully saturated rings. The number of hydrogen-bond donors (Lipinski definition) is 1. The van der Waals surface area contributed by atoms with Crippen LogP contribution in [0.4, 0.5) is 0 Å². The van der Waals surface area contributed by atoms with E-state index < -0.39 is 12.4 Å². The molecule has 4 nitrogen and oxygen atoms in total. The minimum absolute atomic E-state index is 0.139. The maximum Gasteiger partial charge on any atom is 0.178 e. The standard InChI is InChI=1S/C16H18O4/c1-2-10-18-16-9-8-14(15(11-17)20-16)19-12-13-6-4-3-5-7-13/h1,3-9,14-17H,10-12H2/t14-,15+,16-/m0/s1. The molecule has 1 heterocycles. The van der Waals surface area contributed by atoms with E-state index in [1.165, 1.54) is 0 Å². The molecule has 0 bridgehead atoms. The predicted octanol–water partition coefficient (Wildman–Crippen LogP) is 1.49. The van der Waals surface area contributed by atoms with Crippen molar-refractivity contribution in [3.8, 4) is 12.3 Å². The second-order valence-electron chi connectivity index (χ2n) is 4.39. The lowest BCUT2D eigenvalue weighted by molar-refractivity contribution is -0.184. The van der Waals surface area contributed by atoms with Crippen LogP contribution >= 0.6 is 0 Å². The second kappa shape index (κ2) is 7.83. The maximum absolute atomic E-state index is 9.37. The van der Waals surface area contributed by atoms with Crippen molar-refractivity contribution in [2.75, 3.05) is 13.2 Å².